The summed E-state index contributed by atoms with van der Waals surface area (Å²) in [6.07, 6.45) is 16.1. The van der Waals surface area contributed by atoms with Gasteiger partial charge in [-0.1, -0.05) is 44.8 Å². The minimum atomic E-state index is 0.0662. The first-order chi connectivity index (χ1) is 12.1. The van der Waals surface area contributed by atoms with Gasteiger partial charge in [0, 0.05) is 13.3 Å². The lowest BCUT2D eigenvalue weighted by Gasteiger charge is -2.33. The standard InChI is InChI=1S/C21H39N3O/c1-4-6-7-8-9-10-11-12-13-14-15-21-23-17-19-24(21,5-2)18-16-22-20(3)25/h7-8H,4-6,9-19H2,1-3H3/p+1/b8-7+. The molecule has 4 heteroatoms. The van der Waals surface area contributed by atoms with Gasteiger partial charge in [-0.2, -0.15) is 0 Å². The van der Waals surface area contributed by atoms with Crippen LogP contribution in [0.3, 0.4) is 0 Å². The molecule has 0 aromatic carbocycles. The van der Waals surface area contributed by atoms with E-state index in [2.05, 4.69) is 31.3 Å². The molecule has 1 aliphatic rings. The maximum absolute atomic E-state index is 11.1. The van der Waals surface area contributed by atoms with Crippen molar-refractivity contribution >= 4 is 11.7 Å². The molecule has 1 amide bonds. The van der Waals surface area contributed by atoms with Gasteiger partial charge in [0.15, 0.2) is 5.84 Å². The van der Waals surface area contributed by atoms with Crippen LogP contribution in [0.4, 0.5) is 0 Å². The molecule has 144 valence electrons. The molecule has 0 spiro atoms. The van der Waals surface area contributed by atoms with Crippen molar-refractivity contribution in [2.24, 2.45) is 4.99 Å². The third-order valence-corrected chi connectivity index (χ3v) is 5.28. The van der Waals surface area contributed by atoms with Gasteiger partial charge in [-0.05, 0) is 32.6 Å². The summed E-state index contributed by atoms with van der Waals surface area (Å²) in [6, 6.07) is 0. The highest BCUT2D eigenvalue weighted by atomic mass is 16.1. The second-order valence-corrected chi connectivity index (χ2v) is 7.26. The molecular weight excluding hydrogens is 310 g/mol. The third-order valence-electron chi connectivity index (χ3n) is 5.28. The number of aliphatic imine (C=N–C) groups is 1. The Balaban J connectivity index is 2.18. The number of nitrogens with one attached hydrogen (secondary N) is 1. The number of quaternary nitrogens is 1. The fraction of sp³-hybridized carbons (Fsp3) is 0.810. The third kappa shape index (κ3) is 8.66. The Morgan fingerprint density at radius 2 is 1.84 bits per heavy atom. The highest BCUT2D eigenvalue weighted by molar-refractivity contribution is 5.77. The fourth-order valence-electron chi connectivity index (χ4n) is 3.63. The SMILES string of the molecule is CCC/C=C/CCCCCCCC1=NCC[N+]1(CC)CCNC(C)=O. The molecule has 0 aromatic rings. The smallest absolute Gasteiger partial charge is 0.217 e. The zero-order valence-electron chi connectivity index (χ0n) is 16.9. The molecular formula is C21H40N3O+. The molecule has 4 nitrogen and oxygen atoms in total. The average molecular weight is 351 g/mol. The Hall–Kier alpha value is -1.16. The van der Waals surface area contributed by atoms with Crippen LogP contribution in [0.15, 0.2) is 17.1 Å². The van der Waals surface area contributed by atoms with E-state index in [0.29, 0.717) is 0 Å². The molecule has 1 heterocycles. The number of unbranched alkanes of at least 4 members (excludes halogenated alkanes) is 6. The summed E-state index contributed by atoms with van der Waals surface area (Å²) >= 11 is 0. The molecule has 0 saturated carbocycles. The van der Waals surface area contributed by atoms with Gasteiger partial charge in [-0.3, -0.25) is 9.28 Å². The van der Waals surface area contributed by atoms with Crippen molar-refractivity contribution in [2.75, 3.05) is 32.7 Å². The van der Waals surface area contributed by atoms with Crippen LogP contribution in [-0.4, -0.2) is 48.9 Å². The highest BCUT2D eigenvalue weighted by Gasteiger charge is 2.35. The van der Waals surface area contributed by atoms with E-state index in [0.717, 1.165) is 43.6 Å². The number of carbonyl (C=O) groups is 1. The van der Waals surface area contributed by atoms with Gasteiger partial charge in [0.2, 0.25) is 5.91 Å². The molecule has 25 heavy (non-hydrogen) atoms. The Bertz CT molecular complexity index is 431. The summed E-state index contributed by atoms with van der Waals surface area (Å²) in [6.45, 7) is 11.0. The lowest BCUT2D eigenvalue weighted by molar-refractivity contribution is -0.833. The molecule has 0 radical (unpaired) electrons. The summed E-state index contributed by atoms with van der Waals surface area (Å²) in [5, 5.41) is 2.95. The fourth-order valence-corrected chi connectivity index (χ4v) is 3.63. The number of nitrogens with zero attached hydrogens (tertiary/aromatic N) is 2. The van der Waals surface area contributed by atoms with Crippen molar-refractivity contribution in [3.05, 3.63) is 12.2 Å². The van der Waals surface area contributed by atoms with Crippen molar-refractivity contribution < 1.29 is 9.28 Å². The largest absolute Gasteiger partial charge is 0.351 e. The summed E-state index contributed by atoms with van der Waals surface area (Å²) in [7, 11) is 0. The number of rotatable bonds is 14. The Morgan fingerprint density at radius 1 is 1.12 bits per heavy atom. The van der Waals surface area contributed by atoms with E-state index in [1.165, 1.54) is 57.2 Å². The molecule has 0 fully saturated rings. The number of amides is 1. The van der Waals surface area contributed by atoms with E-state index in [1.807, 2.05) is 0 Å². The maximum Gasteiger partial charge on any atom is 0.217 e. The van der Waals surface area contributed by atoms with Crippen LogP contribution in [-0.2, 0) is 4.79 Å². The van der Waals surface area contributed by atoms with Crippen LogP contribution in [0.2, 0.25) is 0 Å². The summed E-state index contributed by atoms with van der Waals surface area (Å²) in [5.74, 6) is 1.44. The van der Waals surface area contributed by atoms with Gasteiger partial charge < -0.3 is 5.32 Å². The van der Waals surface area contributed by atoms with Gasteiger partial charge in [0.05, 0.1) is 19.6 Å². The van der Waals surface area contributed by atoms with Crippen LogP contribution in [0, 0.1) is 0 Å². The lowest BCUT2D eigenvalue weighted by Crippen LogP contribution is -2.54. The highest BCUT2D eigenvalue weighted by Crippen LogP contribution is 2.19. The summed E-state index contributed by atoms with van der Waals surface area (Å²) < 4.78 is 0.989. The molecule has 0 saturated heterocycles. The Kier molecular flexibility index (Phi) is 11.5. The number of amidine groups is 1. The molecule has 0 aromatic heterocycles. The molecule has 0 aliphatic carbocycles. The predicted octanol–water partition coefficient (Wildman–Crippen LogP) is 4.46. The first kappa shape index (κ1) is 21.9. The molecule has 1 rings (SSSR count). The first-order valence-electron chi connectivity index (χ1n) is 10.4. The molecule has 1 aliphatic heterocycles. The topological polar surface area (TPSA) is 41.5 Å². The number of allylic oxidation sites excluding steroid dienone is 2. The molecule has 1 N–H and O–H groups in total. The zero-order valence-corrected chi connectivity index (χ0v) is 16.9. The minimum Gasteiger partial charge on any atom is -0.351 e. The van der Waals surface area contributed by atoms with E-state index < -0.39 is 0 Å². The normalized spacial score (nSPS) is 20.2. The van der Waals surface area contributed by atoms with Crippen molar-refractivity contribution in [2.45, 2.75) is 78.6 Å². The number of likely N-dealkylation sites (N-methyl/N-ethyl adjacent to an activating group) is 1. The minimum absolute atomic E-state index is 0.0662. The zero-order chi connectivity index (χ0) is 18.4. The van der Waals surface area contributed by atoms with Crippen LogP contribution >= 0.6 is 0 Å². The molecule has 1 atom stereocenters. The van der Waals surface area contributed by atoms with Crippen LogP contribution < -0.4 is 5.32 Å². The Labute approximate surface area is 155 Å². The Morgan fingerprint density at radius 3 is 2.56 bits per heavy atom. The van der Waals surface area contributed by atoms with Crippen molar-refractivity contribution in [1.82, 2.24) is 5.32 Å². The van der Waals surface area contributed by atoms with E-state index in [-0.39, 0.29) is 5.91 Å². The molecule has 1 unspecified atom stereocenters. The van der Waals surface area contributed by atoms with Gasteiger partial charge >= 0.3 is 0 Å². The van der Waals surface area contributed by atoms with E-state index in [4.69, 9.17) is 4.99 Å². The van der Waals surface area contributed by atoms with E-state index in [9.17, 15) is 4.79 Å². The maximum atomic E-state index is 11.1. The number of hydrogen-bond acceptors (Lipinski definition) is 2. The van der Waals surface area contributed by atoms with Crippen molar-refractivity contribution in [3.8, 4) is 0 Å². The summed E-state index contributed by atoms with van der Waals surface area (Å²) in [4.78, 5) is 15.9. The quantitative estimate of drug-likeness (QED) is 0.280. The number of hydrogen-bond donors (Lipinski definition) is 1. The van der Waals surface area contributed by atoms with Gasteiger partial charge in [0.25, 0.3) is 0 Å². The van der Waals surface area contributed by atoms with E-state index >= 15 is 0 Å². The second kappa shape index (κ2) is 13.1. The first-order valence-corrected chi connectivity index (χ1v) is 10.4. The van der Waals surface area contributed by atoms with Gasteiger partial charge in [0.1, 0.15) is 13.1 Å². The molecule has 0 bridgehead atoms. The average Bonchev–Trinajstić information content (AvgIpc) is 2.99. The van der Waals surface area contributed by atoms with E-state index in [1.54, 1.807) is 6.92 Å². The van der Waals surface area contributed by atoms with Crippen LogP contribution in [0.1, 0.15) is 78.6 Å². The van der Waals surface area contributed by atoms with Gasteiger partial charge in [-0.15, -0.1) is 0 Å². The van der Waals surface area contributed by atoms with Crippen LogP contribution in [0.25, 0.3) is 0 Å². The predicted molar refractivity (Wildman–Crippen MR) is 108 cm³/mol. The number of carbonyl (C=O) groups excluding carboxylic acids is 1. The second-order valence-electron chi connectivity index (χ2n) is 7.26. The van der Waals surface area contributed by atoms with Gasteiger partial charge in [-0.25, -0.2) is 4.99 Å². The lowest BCUT2D eigenvalue weighted by atomic mass is 10.1. The van der Waals surface area contributed by atoms with Crippen molar-refractivity contribution in [3.63, 3.8) is 0 Å². The summed E-state index contributed by atoms with van der Waals surface area (Å²) in [5.41, 5.74) is 0. The van der Waals surface area contributed by atoms with Crippen LogP contribution in [0.5, 0.6) is 0 Å². The van der Waals surface area contributed by atoms with Crippen molar-refractivity contribution in [1.29, 1.82) is 0 Å². The monoisotopic (exact) mass is 350 g/mol.